The second-order valence-electron chi connectivity index (χ2n) is 3.42. The van der Waals surface area contributed by atoms with E-state index >= 15 is 0 Å². The van der Waals surface area contributed by atoms with Gasteiger partial charge in [-0.15, -0.1) is 0 Å². The van der Waals surface area contributed by atoms with E-state index < -0.39 is 0 Å². The van der Waals surface area contributed by atoms with Gasteiger partial charge >= 0.3 is 25.2 Å². The van der Waals surface area contributed by atoms with Crippen LogP contribution >= 0.6 is 0 Å². The predicted octanol–water partition coefficient (Wildman–Crippen LogP) is -3.14. The molecule has 0 spiro atoms. The average Bonchev–Trinajstić information content (AvgIpc) is 2.07. The molecule has 0 saturated carbocycles. The Labute approximate surface area is 122 Å². The molecule has 0 bridgehead atoms. The smallest absolute Gasteiger partial charge is 1.00 e. The Morgan fingerprint density at radius 3 is 1.94 bits per heavy atom. The van der Waals surface area contributed by atoms with Crippen molar-refractivity contribution >= 4 is 11.4 Å². The molecule has 0 saturated heterocycles. The Hall–Kier alpha value is -0.357. The number of nitrogens with zero attached hydrogens (tertiary/aromatic N) is 3. The number of diazo groups is 1. The number of rotatable bonds is 1. The maximum absolute atomic E-state index is 8.68. The van der Waals surface area contributed by atoms with Crippen molar-refractivity contribution in [2.75, 3.05) is 19.0 Å². The van der Waals surface area contributed by atoms with Gasteiger partial charge in [0.25, 0.3) is 0 Å². The molecule has 0 aliphatic carbocycles. The van der Waals surface area contributed by atoms with Crippen molar-refractivity contribution in [2.24, 2.45) is 0 Å². The number of hydrogen-bond acceptors (Lipinski definition) is 2. The van der Waals surface area contributed by atoms with Gasteiger partial charge in [-0.3, -0.25) is 0 Å². The first kappa shape index (κ1) is 21.0. The van der Waals surface area contributed by atoms with Gasteiger partial charge in [-0.1, -0.05) is 0 Å². The minimum absolute atomic E-state index is 0. The van der Waals surface area contributed by atoms with Crippen LogP contribution in [0.25, 0.3) is 4.98 Å². The van der Waals surface area contributed by atoms with Crippen LogP contribution in [0.3, 0.4) is 0 Å². The summed E-state index contributed by atoms with van der Waals surface area (Å²) in [7, 11) is 4.00. The van der Waals surface area contributed by atoms with Crippen molar-refractivity contribution in [3.8, 4) is 0 Å². The Kier molecular flexibility index (Phi) is 11.5. The van der Waals surface area contributed by atoms with Gasteiger partial charge in [0, 0.05) is 31.4 Å². The second kappa shape index (κ2) is 8.76. The minimum atomic E-state index is 0. The maximum Gasteiger partial charge on any atom is 1.00 e. The second-order valence-corrected chi connectivity index (χ2v) is 3.42. The summed E-state index contributed by atoms with van der Waals surface area (Å²) in [5, 5.41) is 8.68. The topological polar surface area (TPSA) is 31.4 Å². The molecular weight excluding hydrogens is 298 g/mol. The Morgan fingerprint density at radius 2 is 1.56 bits per heavy atom. The van der Waals surface area contributed by atoms with Crippen molar-refractivity contribution in [2.45, 2.75) is 13.8 Å². The van der Waals surface area contributed by atoms with Crippen LogP contribution in [0, 0.1) is 19.2 Å². The summed E-state index contributed by atoms with van der Waals surface area (Å²) in [4.78, 5) is 5.26. The summed E-state index contributed by atoms with van der Waals surface area (Å²) in [6, 6.07) is 3.90. The van der Waals surface area contributed by atoms with Crippen LogP contribution in [0.5, 0.6) is 0 Å². The van der Waals surface area contributed by atoms with E-state index in [1.165, 1.54) is 0 Å². The molecule has 0 heterocycles. The van der Waals surface area contributed by atoms with E-state index in [1.807, 2.05) is 45.0 Å². The zero-order chi connectivity index (χ0) is 10.0. The van der Waals surface area contributed by atoms with Crippen LogP contribution in [-0.2, 0) is 19.5 Å². The molecule has 0 unspecified atom stereocenters. The molecule has 6 heteroatoms. The summed E-state index contributed by atoms with van der Waals surface area (Å²) >= 11 is 0. The molecule has 0 atom stereocenters. The number of hydrogen-bond donors (Lipinski definition) is 0. The molecule has 1 radical (unpaired) electrons. The number of anilines is 1. The molecular formula is C10H14Cl2N3Zn. The summed E-state index contributed by atoms with van der Waals surface area (Å²) in [5.74, 6) is 0. The quantitative estimate of drug-likeness (QED) is 0.405. The molecule has 0 amide bonds. The Bertz CT molecular complexity index is 375. The van der Waals surface area contributed by atoms with Gasteiger partial charge in [0.1, 0.15) is 0 Å². The molecule has 0 aromatic heterocycles. The summed E-state index contributed by atoms with van der Waals surface area (Å²) < 4.78 is 0. The molecule has 16 heavy (non-hydrogen) atoms. The van der Waals surface area contributed by atoms with E-state index in [-0.39, 0.29) is 44.3 Å². The van der Waals surface area contributed by atoms with Gasteiger partial charge in [-0.25, -0.2) is 0 Å². The van der Waals surface area contributed by atoms with Gasteiger partial charge in [0.15, 0.2) is 4.98 Å². The first-order chi connectivity index (χ1) is 6.06. The number of halogens is 2. The molecule has 0 aliphatic heterocycles. The molecule has 0 fully saturated rings. The number of benzene rings is 1. The molecule has 0 N–H and O–H groups in total. The van der Waals surface area contributed by atoms with Crippen LogP contribution in [0.4, 0.5) is 11.4 Å². The van der Waals surface area contributed by atoms with Crippen molar-refractivity contribution in [3.63, 3.8) is 0 Å². The van der Waals surface area contributed by atoms with E-state index in [0.29, 0.717) is 5.69 Å². The van der Waals surface area contributed by atoms with Gasteiger partial charge in [-0.2, -0.15) is 0 Å². The van der Waals surface area contributed by atoms with Crippen LogP contribution in [0.2, 0.25) is 0 Å². The van der Waals surface area contributed by atoms with Crippen molar-refractivity contribution in [1.29, 1.82) is 5.39 Å². The average molecular weight is 313 g/mol. The molecule has 1 rings (SSSR count). The van der Waals surface area contributed by atoms with E-state index in [9.17, 15) is 0 Å². The SMILES string of the molecule is Cc1cc(N(C)C)c(C)cc1[N+]#N.[Cl-].[Cl-].[Zn+]. The molecule has 0 aliphatic rings. The van der Waals surface area contributed by atoms with Crippen LogP contribution < -0.4 is 29.7 Å². The van der Waals surface area contributed by atoms with Gasteiger partial charge in [0.05, 0.1) is 0 Å². The van der Waals surface area contributed by atoms with Gasteiger partial charge in [-0.05, 0) is 25.5 Å². The fraction of sp³-hybridized carbons (Fsp3) is 0.400. The maximum atomic E-state index is 8.68. The first-order valence-corrected chi connectivity index (χ1v) is 4.20. The third-order valence-electron chi connectivity index (χ3n) is 2.10. The van der Waals surface area contributed by atoms with E-state index in [0.717, 1.165) is 16.8 Å². The Morgan fingerprint density at radius 1 is 1.06 bits per heavy atom. The summed E-state index contributed by atoms with van der Waals surface area (Å²) in [6.45, 7) is 3.94. The van der Waals surface area contributed by atoms with Crippen LogP contribution in [0.15, 0.2) is 12.1 Å². The van der Waals surface area contributed by atoms with Gasteiger partial charge in [0.2, 0.25) is 5.39 Å². The molecule has 85 valence electrons. The summed E-state index contributed by atoms with van der Waals surface area (Å²) in [5.41, 5.74) is 3.90. The molecule has 1 aromatic rings. The molecule has 1 aromatic carbocycles. The van der Waals surface area contributed by atoms with E-state index in [1.54, 1.807) is 0 Å². The normalized spacial score (nSPS) is 7.69. The van der Waals surface area contributed by atoms with Gasteiger partial charge < -0.3 is 29.7 Å². The fourth-order valence-electron chi connectivity index (χ4n) is 1.38. The minimum Gasteiger partial charge on any atom is -1.00 e. The van der Waals surface area contributed by atoms with Crippen LogP contribution in [0.1, 0.15) is 11.1 Å². The monoisotopic (exact) mass is 310 g/mol. The van der Waals surface area contributed by atoms with Crippen molar-refractivity contribution in [3.05, 3.63) is 28.2 Å². The largest absolute Gasteiger partial charge is 1.00 e. The zero-order valence-corrected chi connectivity index (χ0v) is 14.4. The standard InChI is InChI=1S/C10H14N3.2ClH.Zn/c1-7-6-10(13(3)4)8(2)5-9(7)12-11;;;/h5-6H,1-4H3;2*1H;/q+1;;;+1/p-2. The zero-order valence-electron chi connectivity index (χ0n) is 9.96. The van der Waals surface area contributed by atoms with E-state index in [2.05, 4.69) is 4.98 Å². The fourth-order valence-corrected chi connectivity index (χ4v) is 1.38. The van der Waals surface area contributed by atoms with Crippen LogP contribution in [-0.4, -0.2) is 14.1 Å². The Balaban J connectivity index is -0.000000563. The first-order valence-electron chi connectivity index (χ1n) is 4.20. The predicted molar refractivity (Wildman–Crippen MR) is 55.0 cm³/mol. The van der Waals surface area contributed by atoms with Crippen molar-refractivity contribution in [1.82, 2.24) is 0 Å². The summed E-state index contributed by atoms with van der Waals surface area (Å²) in [6.07, 6.45) is 0. The molecule has 3 nitrogen and oxygen atoms in total. The van der Waals surface area contributed by atoms with E-state index in [4.69, 9.17) is 5.39 Å². The third-order valence-corrected chi connectivity index (χ3v) is 2.10. The third kappa shape index (κ3) is 4.66. The number of aryl methyl sites for hydroxylation is 2. The van der Waals surface area contributed by atoms with Crippen molar-refractivity contribution < 1.29 is 44.3 Å².